The minimum Gasteiger partial charge on any atom is -0.322 e. The van der Waals surface area contributed by atoms with Crippen LogP contribution in [-0.2, 0) is 20.0 Å². The van der Waals surface area contributed by atoms with Crippen LogP contribution in [0.2, 0.25) is 0 Å². The van der Waals surface area contributed by atoms with Gasteiger partial charge in [-0.05, 0) is 68.3 Å². The first kappa shape index (κ1) is 24.3. The molecule has 3 rings (SSSR count). The Bertz CT molecular complexity index is 1410. The summed E-state index contributed by atoms with van der Waals surface area (Å²) in [4.78, 5) is 12.9. The first-order valence-electron chi connectivity index (χ1n) is 9.94. The van der Waals surface area contributed by atoms with Gasteiger partial charge in [-0.15, -0.1) is 0 Å². The molecule has 0 fully saturated rings. The normalized spacial score (nSPS) is 11.6. The molecule has 3 aromatic carbocycles. The summed E-state index contributed by atoms with van der Waals surface area (Å²) in [5.41, 5.74) is 3.57. The Morgan fingerprint density at radius 3 is 1.97 bits per heavy atom. The lowest BCUT2D eigenvalue weighted by molar-refractivity contribution is 0.102. The van der Waals surface area contributed by atoms with E-state index in [2.05, 4.69) is 14.8 Å². The van der Waals surface area contributed by atoms with E-state index >= 15 is 0 Å². The fraction of sp³-hybridized carbons (Fsp3) is 0.174. The second-order valence-corrected chi connectivity index (χ2v) is 11.2. The lowest BCUT2D eigenvalue weighted by Crippen LogP contribution is -2.17. The molecule has 0 spiro atoms. The topological polar surface area (TPSA) is 121 Å². The van der Waals surface area contributed by atoms with Gasteiger partial charge in [-0.25, -0.2) is 16.8 Å². The molecule has 0 aliphatic heterocycles. The molecule has 8 nitrogen and oxygen atoms in total. The van der Waals surface area contributed by atoms with Gasteiger partial charge in [-0.2, -0.15) is 0 Å². The van der Waals surface area contributed by atoms with E-state index in [-0.39, 0.29) is 10.5 Å². The summed E-state index contributed by atoms with van der Waals surface area (Å²) < 4.78 is 53.7. The third kappa shape index (κ3) is 6.33. The molecule has 33 heavy (non-hydrogen) atoms. The second kappa shape index (κ2) is 9.24. The highest BCUT2D eigenvalue weighted by molar-refractivity contribution is 7.92. The number of aryl methyl sites for hydroxylation is 3. The summed E-state index contributed by atoms with van der Waals surface area (Å²) in [6, 6.07) is 16.0. The number of carbonyl (C=O) groups excluding carboxylic acids is 1. The van der Waals surface area contributed by atoms with Crippen LogP contribution in [0, 0.1) is 20.8 Å². The van der Waals surface area contributed by atoms with Crippen LogP contribution in [0.1, 0.15) is 27.0 Å². The standard InChI is InChI=1S/C23H25N3O5S2/c1-15-5-9-18(10-6-15)25-33(30,31)20-12-8-16(2)21(14-20)23(27)24-19-11-7-17(3)22(13-19)26-32(4,28)29/h5-14,25-26H,1-4H3,(H,24,27). The molecule has 0 saturated heterocycles. The molecule has 0 bridgehead atoms. The molecular formula is C23H25N3O5S2. The van der Waals surface area contributed by atoms with Crippen molar-refractivity contribution in [3.8, 4) is 0 Å². The first-order valence-corrected chi connectivity index (χ1v) is 13.3. The van der Waals surface area contributed by atoms with E-state index in [9.17, 15) is 21.6 Å². The molecule has 0 unspecified atom stereocenters. The van der Waals surface area contributed by atoms with Crippen molar-refractivity contribution in [2.75, 3.05) is 21.0 Å². The number of hydrogen-bond acceptors (Lipinski definition) is 5. The van der Waals surface area contributed by atoms with Crippen molar-refractivity contribution in [1.82, 2.24) is 0 Å². The maximum absolute atomic E-state index is 12.9. The number of benzene rings is 3. The molecule has 1 amide bonds. The monoisotopic (exact) mass is 487 g/mol. The molecule has 0 atom stereocenters. The summed E-state index contributed by atoms with van der Waals surface area (Å²) in [5, 5.41) is 2.70. The summed E-state index contributed by atoms with van der Waals surface area (Å²) >= 11 is 0. The third-order valence-electron chi connectivity index (χ3n) is 4.86. The smallest absolute Gasteiger partial charge is 0.261 e. The van der Waals surface area contributed by atoms with Gasteiger partial charge in [0.2, 0.25) is 10.0 Å². The number of sulfonamides is 2. The number of nitrogens with one attached hydrogen (secondary N) is 3. The summed E-state index contributed by atoms with van der Waals surface area (Å²) in [6.07, 6.45) is 1.04. The molecule has 0 heterocycles. The molecular weight excluding hydrogens is 462 g/mol. The van der Waals surface area contributed by atoms with Crippen molar-refractivity contribution in [3.05, 3.63) is 82.9 Å². The van der Waals surface area contributed by atoms with Gasteiger partial charge in [0.15, 0.2) is 0 Å². The fourth-order valence-corrected chi connectivity index (χ4v) is 4.76. The minimum atomic E-state index is -3.91. The third-order valence-corrected chi connectivity index (χ3v) is 6.83. The highest BCUT2D eigenvalue weighted by atomic mass is 32.2. The van der Waals surface area contributed by atoms with Gasteiger partial charge in [0, 0.05) is 16.9 Å². The van der Waals surface area contributed by atoms with Crippen LogP contribution < -0.4 is 14.8 Å². The molecule has 0 saturated carbocycles. The fourth-order valence-electron chi connectivity index (χ4n) is 3.06. The van der Waals surface area contributed by atoms with Crippen molar-refractivity contribution >= 4 is 43.0 Å². The van der Waals surface area contributed by atoms with Gasteiger partial charge in [-0.3, -0.25) is 14.2 Å². The Kier molecular flexibility index (Phi) is 6.80. The molecule has 0 radical (unpaired) electrons. The Morgan fingerprint density at radius 2 is 1.33 bits per heavy atom. The SMILES string of the molecule is Cc1ccc(NS(=O)(=O)c2ccc(C)c(C(=O)Nc3ccc(C)c(NS(C)(=O)=O)c3)c2)cc1. The summed E-state index contributed by atoms with van der Waals surface area (Å²) in [7, 11) is -7.40. The first-order chi connectivity index (χ1) is 15.3. The predicted molar refractivity (Wildman–Crippen MR) is 131 cm³/mol. The molecule has 0 aliphatic rings. The number of hydrogen-bond donors (Lipinski definition) is 3. The maximum atomic E-state index is 12.9. The average molecular weight is 488 g/mol. The molecule has 0 aromatic heterocycles. The van der Waals surface area contributed by atoms with Crippen LogP contribution in [0.25, 0.3) is 0 Å². The lowest BCUT2D eigenvalue weighted by Gasteiger charge is -2.13. The van der Waals surface area contributed by atoms with E-state index in [1.54, 1.807) is 56.3 Å². The molecule has 3 aromatic rings. The Balaban J connectivity index is 1.87. The zero-order chi connectivity index (χ0) is 24.4. The van der Waals surface area contributed by atoms with E-state index in [4.69, 9.17) is 0 Å². The number of rotatable bonds is 7. The number of amides is 1. The van der Waals surface area contributed by atoms with Crippen LogP contribution in [0.4, 0.5) is 17.1 Å². The lowest BCUT2D eigenvalue weighted by atomic mass is 10.1. The Morgan fingerprint density at radius 1 is 0.727 bits per heavy atom. The van der Waals surface area contributed by atoms with Gasteiger partial charge in [0.05, 0.1) is 16.8 Å². The maximum Gasteiger partial charge on any atom is 0.261 e. The van der Waals surface area contributed by atoms with Gasteiger partial charge >= 0.3 is 0 Å². The summed E-state index contributed by atoms with van der Waals surface area (Å²) in [6.45, 7) is 5.33. The zero-order valence-electron chi connectivity index (χ0n) is 18.6. The number of anilines is 3. The van der Waals surface area contributed by atoms with E-state index in [0.29, 0.717) is 28.2 Å². The average Bonchev–Trinajstić information content (AvgIpc) is 2.71. The van der Waals surface area contributed by atoms with Crippen molar-refractivity contribution in [2.45, 2.75) is 25.7 Å². The molecule has 174 valence electrons. The summed E-state index contributed by atoms with van der Waals surface area (Å²) in [5.74, 6) is -0.519. The number of carbonyl (C=O) groups is 1. The van der Waals surface area contributed by atoms with Crippen molar-refractivity contribution in [1.29, 1.82) is 0 Å². The zero-order valence-corrected chi connectivity index (χ0v) is 20.3. The van der Waals surface area contributed by atoms with Gasteiger partial charge < -0.3 is 5.32 Å². The van der Waals surface area contributed by atoms with Crippen LogP contribution in [0.3, 0.4) is 0 Å². The van der Waals surface area contributed by atoms with Gasteiger partial charge in [-0.1, -0.05) is 29.8 Å². The quantitative estimate of drug-likeness (QED) is 0.464. The predicted octanol–water partition coefficient (Wildman–Crippen LogP) is 4.04. The minimum absolute atomic E-state index is 0.0536. The van der Waals surface area contributed by atoms with Gasteiger partial charge in [0.25, 0.3) is 15.9 Å². The van der Waals surface area contributed by atoms with Crippen LogP contribution in [0.5, 0.6) is 0 Å². The molecule has 3 N–H and O–H groups in total. The Labute approximate surface area is 194 Å². The van der Waals surface area contributed by atoms with E-state index in [1.807, 2.05) is 6.92 Å². The van der Waals surface area contributed by atoms with Crippen LogP contribution >= 0.6 is 0 Å². The van der Waals surface area contributed by atoms with E-state index < -0.39 is 26.0 Å². The van der Waals surface area contributed by atoms with E-state index in [0.717, 1.165) is 11.8 Å². The Hall–Kier alpha value is -3.37. The van der Waals surface area contributed by atoms with Crippen molar-refractivity contribution in [2.24, 2.45) is 0 Å². The van der Waals surface area contributed by atoms with Crippen molar-refractivity contribution in [3.63, 3.8) is 0 Å². The van der Waals surface area contributed by atoms with Crippen LogP contribution in [0.15, 0.2) is 65.6 Å². The largest absolute Gasteiger partial charge is 0.322 e. The molecule has 0 aliphatic carbocycles. The second-order valence-electron chi connectivity index (χ2n) is 7.81. The van der Waals surface area contributed by atoms with Crippen molar-refractivity contribution < 1.29 is 21.6 Å². The van der Waals surface area contributed by atoms with Crippen LogP contribution in [-0.4, -0.2) is 29.0 Å². The highest BCUT2D eigenvalue weighted by Gasteiger charge is 2.19. The highest BCUT2D eigenvalue weighted by Crippen LogP contribution is 2.24. The molecule has 10 heteroatoms. The van der Waals surface area contributed by atoms with Gasteiger partial charge in [0.1, 0.15) is 0 Å². The van der Waals surface area contributed by atoms with E-state index in [1.165, 1.54) is 18.2 Å².